The van der Waals surface area contributed by atoms with Gasteiger partial charge in [-0.2, -0.15) is 24.9 Å². The van der Waals surface area contributed by atoms with Crippen molar-refractivity contribution in [1.29, 1.82) is 0 Å². The summed E-state index contributed by atoms with van der Waals surface area (Å²) in [7, 11) is 0. The van der Waals surface area contributed by atoms with Crippen molar-refractivity contribution in [2.45, 2.75) is 19.1 Å². The maximum absolute atomic E-state index is 12.9. The lowest BCUT2D eigenvalue weighted by Gasteiger charge is -2.17. The molecule has 0 bridgehead atoms. The third-order valence-electron chi connectivity index (χ3n) is 2.42. The first-order valence-corrected chi connectivity index (χ1v) is 7.32. The molecule has 0 heterocycles. The first-order valence-electron chi connectivity index (χ1n) is 5.52. The molecule has 0 aromatic heterocycles. The van der Waals surface area contributed by atoms with Crippen LogP contribution in [0.4, 0.5) is 18.9 Å². The maximum Gasteiger partial charge on any atom is 0.417 e. The van der Waals surface area contributed by atoms with E-state index in [1.807, 2.05) is 13.2 Å². The summed E-state index contributed by atoms with van der Waals surface area (Å²) in [6.07, 6.45) is -2.53. The van der Waals surface area contributed by atoms with Crippen LogP contribution in [0.3, 0.4) is 0 Å². The first kappa shape index (κ1) is 16.1. The highest BCUT2D eigenvalue weighted by atomic mass is 32.2. The van der Waals surface area contributed by atoms with Gasteiger partial charge in [0.15, 0.2) is 0 Å². The number of rotatable bonds is 5. The van der Waals surface area contributed by atoms with Gasteiger partial charge in [-0.25, -0.2) is 0 Å². The molecule has 0 saturated heterocycles. The van der Waals surface area contributed by atoms with Gasteiger partial charge in [-0.3, -0.25) is 0 Å². The van der Waals surface area contributed by atoms with Crippen LogP contribution in [0.2, 0.25) is 0 Å². The molecule has 1 unspecified atom stereocenters. The Kier molecular flexibility index (Phi) is 5.49. The minimum atomic E-state index is -4.47. The Bertz CT molecular complexity index is 461. The largest absolute Gasteiger partial charge is 0.417 e. The van der Waals surface area contributed by atoms with Crippen LogP contribution < -0.4 is 11.1 Å². The van der Waals surface area contributed by atoms with Crippen LogP contribution in [0, 0.1) is 0 Å². The van der Waals surface area contributed by atoms with Gasteiger partial charge in [0.25, 0.3) is 0 Å². The Hall–Kier alpha value is -0.950. The van der Waals surface area contributed by atoms with E-state index in [0.717, 1.165) is 11.8 Å². The molecule has 0 radical (unpaired) electrons. The average molecular weight is 308 g/mol. The third-order valence-corrected chi connectivity index (χ3v) is 3.47. The third kappa shape index (κ3) is 4.58. The highest BCUT2D eigenvalue weighted by molar-refractivity contribution is 7.98. The molecule has 1 atom stereocenters. The number of alkyl halides is 3. The van der Waals surface area contributed by atoms with E-state index in [1.165, 1.54) is 6.07 Å². The van der Waals surface area contributed by atoms with Gasteiger partial charge in [0.1, 0.15) is 4.99 Å². The molecule has 0 spiro atoms. The monoisotopic (exact) mass is 308 g/mol. The number of anilines is 1. The fourth-order valence-corrected chi connectivity index (χ4v) is 2.42. The zero-order chi connectivity index (χ0) is 14.6. The quantitative estimate of drug-likeness (QED) is 0.817. The van der Waals surface area contributed by atoms with Gasteiger partial charge >= 0.3 is 6.18 Å². The second-order valence-electron chi connectivity index (χ2n) is 4.12. The average Bonchev–Trinajstić information content (AvgIpc) is 2.27. The number of benzene rings is 1. The number of nitrogens with two attached hydrogens (primary N) is 1. The number of hydrogen-bond donors (Lipinski definition) is 2. The van der Waals surface area contributed by atoms with Crippen LogP contribution in [-0.2, 0) is 6.18 Å². The van der Waals surface area contributed by atoms with E-state index in [9.17, 15) is 13.2 Å². The van der Waals surface area contributed by atoms with Crippen molar-refractivity contribution >= 4 is 34.7 Å². The molecule has 3 N–H and O–H groups in total. The summed E-state index contributed by atoms with van der Waals surface area (Å²) in [5.41, 5.74) is 4.78. The molecular formula is C12H15F3N2S2. The van der Waals surface area contributed by atoms with Crippen molar-refractivity contribution in [2.75, 3.05) is 17.3 Å². The molecule has 19 heavy (non-hydrogen) atoms. The fraction of sp³-hybridized carbons (Fsp3) is 0.417. The van der Waals surface area contributed by atoms with Gasteiger partial charge < -0.3 is 11.1 Å². The fourth-order valence-electron chi connectivity index (χ4n) is 1.66. The Morgan fingerprint density at radius 1 is 1.47 bits per heavy atom. The van der Waals surface area contributed by atoms with Crippen molar-refractivity contribution in [3.63, 3.8) is 0 Å². The van der Waals surface area contributed by atoms with Crippen LogP contribution in [-0.4, -0.2) is 23.0 Å². The molecule has 106 valence electrons. The highest BCUT2D eigenvalue weighted by Crippen LogP contribution is 2.34. The standard InChI is InChI=1S/C12H15F3N2S2/c1-7(6-19-2)17-8-3-4-9(11(16)18)10(5-8)12(13,14)15/h3-5,7,17H,6H2,1-2H3,(H2,16,18). The topological polar surface area (TPSA) is 38.0 Å². The van der Waals surface area contributed by atoms with Crippen LogP contribution in [0.1, 0.15) is 18.1 Å². The molecule has 0 aliphatic carbocycles. The normalized spacial score (nSPS) is 13.1. The molecule has 0 saturated carbocycles. The summed E-state index contributed by atoms with van der Waals surface area (Å²) in [6.45, 7) is 1.91. The first-order chi connectivity index (χ1) is 8.75. The lowest BCUT2D eigenvalue weighted by molar-refractivity contribution is -0.137. The zero-order valence-corrected chi connectivity index (χ0v) is 12.2. The second kappa shape index (κ2) is 6.47. The van der Waals surface area contributed by atoms with Crippen LogP contribution >= 0.6 is 24.0 Å². The number of thioether (sulfide) groups is 1. The van der Waals surface area contributed by atoms with Crippen LogP contribution in [0.15, 0.2) is 18.2 Å². The SMILES string of the molecule is CSCC(C)Nc1ccc(C(N)=S)c(C(F)(F)F)c1. The molecule has 1 aromatic rings. The second-order valence-corrected chi connectivity index (χ2v) is 5.47. The molecule has 2 nitrogen and oxygen atoms in total. The van der Waals surface area contributed by atoms with Crippen molar-refractivity contribution < 1.29 is 13.2 Å². The highest BCUT2D eigenvalue weighted by Gasteiger charge is 2.34. The van der Waals surface area contributed by atoms with Gasteiger partial charge in [0.2, 0.25) is 0 Å². The van der Waals surface area contributed by atoms with Gasteiger partial charge in [-0.05, 0) is 31.4 Å². The van der Waals surface area contributed by atoms with Crippen molar-refractivity contribution in [3.8, 4) is 0 Å². The van der Waals surface area contributed by atoms with E-state index in [0.29, 0.717) is 5.69 Å². The molecule has 1 aromatic carbocycles. The summed E-state index contributed by atoms with van der Waals surface area (Å²) >= 11 is 6.27. The molecule has 0 amide bonds. The number of halogens is 3. The van der Waals surface area contributed by atoms with E-state index in [4.69, 9.17) is 5.73 Å². The lowest BCUT2D eigenvalue weighted by atomic mass is 10.1. The molecule has 0 aliphatic heterocycles. The van der Waals surface area contributed by atoms with Gasteiger partial charge in [-0.1, -0.05) is 12.2 Å². The Morgan fingerprint density at radius 3 is 2.58 bits per heavy atom. The molecule has 7 heteroatoms. The molecule has 1 rings (SSSR count). The molecular weight excluding hydrogens is 293 g/mol. The van der Waals surface area contributed by atoms with E-state index in [1.54, 1.807) is 17.8 Å². The summed E-state index contributed by atoms with van der Waals surface area (Å²) in [6, 6.07) is 3.98. The van der Waals surface area contributed by atoms with Crippen molar-refractivity contribution in [1.82, 2.24) is 0 Å². The van der Waals surface area contributed by atoms with Gasteiger partial charge in [0.05, 0.1) is 5.56 Å². The number of thiocarbonyl (C=S) groups is 1. The van der Waals surface area contributed by atoms with E-state index in [2.05, 4.69) is 17.5 Å². The van der Waals surface area contributed by atoms with E-state index < -0.39 is 11.7 Å². The van der Waals surface area contributed by atoms with Gasteiger partial charge in [0, 0.05) is 23.0 Å². The van der Waals surface area contributed by atoms with Crippen LogP contribution in [0.5, 0.6) is 0 Å². The summed E-state index contributed by atoms with van der Waals surface area (Å²) in [4.78, 5) is -0.254. The zero-order valence-electron chi connectivity index (χ0n) is 10.5. The van der Waals surface area contributed by atoms with Gasteiger partial charge in [-0.15, -0.1) is 0 Å². The Labute approximate surface area is 119 Å². The minimum Gasteiger partial charge on any atom is -0.389 e. The summed E-state index contributed by atoms with van der Waals surface area (Å²) in [5, 5.41) is 3.02. The molecule has 0 aliphatic rings. The maximum atomic E-state index is 12.9. The Balaban J connectivity index is 3.09. The Morgan fingerprint density at radius 2 is 2.11 bits per heavy atom. The van der Waals surface area contributed by atoms with E-state index in [-0.39, 0.29) is 16.6 Å². The number of hydrogen-bond acceptors (Lipinski definition) is 3. The molecule has 0 fully saturated rings. The predicted octanol–water partition coefficient (Wildman–Crippen LogP) is 3.50. The number of nitrogens with one attached hydrogen (secondary N) is 1. The minimum absolute atomic E-state index is 0.0757. The van der Waals surface area contributed by atoms with Crippen LogP contribution in [0.25, 0.3) is 0 Å². The predicted molar refractivity (Wildman–Crippen MR) is 78.8 cm³/mol. The summed E-state index contributed by atoms with van der Waals surface area (Å²) in [5.74, 6) is 0.804. The van der Waals surface area contributed by atoms with Crippen molar-refractivity contribution in [3.05, 3.63) is 29.3 Å². The lowest BCUT2D eigenvalue weighted by Crippen LogP contribution is -2.21. The smallest absolute Gasteiger partial charge is 0.389 e. The summed E-state index contributed by atoms with van der Waals surface area (Å²) < 4.78 is 38.8. The van der Waals surface area contributed by atoms with Crippen molar-refractivity contribution in [2.24, 2.45) is 5.73 Å². The van der Waals surface area contributed by atoms with E-state index >= 15 is 0 Å².